The van der Waals surface area contributed by atoms with Crippen LogP contribution < -0.4 is 0 Å². The van der Waals surface area contributed by atoms with Crippen molar-refractivity contribution in [1.29, 1.82) is 0 Å². The van der Waals surface area contributed by atoms with Crippen LogP contribution in [0.2, 0.25) is 10.0 Å². The summed E-state index contributed by atoms with van der Waals surface area (Å²) in [5.41, 5.74) is -4.09. The number of hydrogen-bond acceptors (Lipinski definition) is 5. The molecule has 0 bridgehead atoms. The lowest BCUT2D eigenvalue weighted by Crippen LogP contribution is -2.59. The second-order valence-electron chi connectivity index (χ2n) is 8.86. The van der Waals surface area contributed by atoms with Crippen LogP contribution in [-0.4, -0.2) is 50.5 Å². The second kappa shape index (κ2) is 8.70. The Morgan fingerprint density at radius 2 is 1.66 bits per heavy atom. The summed E-state index contributed by atoms with van der Waals surface area (Å²) in [6.45, 7) is -0.618. The topological polar surface area (TPSA) is 79.2 Å². The predicted molar refractivity (Wildman–Crippen MR) is 122 cm³/mol. The summed E-state index contributed by atoms with van der Waals surface area (Å²) in [5, 5.41) is 7.57. The van der Waals surface area contributed by atoms with Crippen LogP contribution in [0.1, 0.15) is 29.2 Å². The van der Waals surface area contributed by atoms with Gasteiger partial charge >= 0.3 is 6.18 Å². The zero-order valence-corrected chi connectivity index (χ0v) is 20.5. The van der Waals surface area contributed by atoms with Crippen molar-refractivity contribution in [2.75, 3.05) is 25.1 Å². The number of rotatable bonds is 5. The molecule has 1 saturated heterocycles. The van der Waals surface area contributed by atoms with E-state index < -0.39 is 51.3 Å². The van der Waals surface area contributed by atoms with Gasteiger partial charge in [-0.2, -0.15) is 23.4 Å². The molecule has 0 radical (unpaired) electrons. The standard InChI is InChI=1S/C22H19Cl2F4N3O3S/c1-35(33,34)10-19(32)31-11-20(25,12-31)14-4-2-13(3-5-14)18-9-21(30-29-18,22(26,27)28)15-6-16(23)8-17(24)7-15/h2-8,18H,9-12H2,1H3. The molecule has 1 fully saturated rings. The van der Waals surface area contributed by atoms with Crippen LogP contribution >= 0.6 is 23.2 Å². The van der Waals surface area contributed by atoms with Crippen LogP contribution in [0, 0.1) is 0 Å². The van der Waals surface area contributed by atoms with E-state index in [1.165, 1.54) is 30.3 Å². The van der Waals surface area contributed by atoms with Crippen molar-refractivity contribution in [2.45, 2.75) is 29.8 Å². The molecule has 0 saturated carbocycles. The molecule has 0 spiro atoms. The van der Waals surface area contributed by atoms with Gasteiger partial charge in [0.2, 0.25) is 11.4 Å². The maximum absolute atomic E-state index is 15.2. The predicted octanol–water partition coefficient (Wildman–Crippen LogP) is 5.40. The minimum Gasteiger partial charge on any atom is -0.335 e. The van der Waals surface area contributed by atoms with Crippen molar-refractivity contribution in [3.63, 3.8) is 0 Å². The Morgan fingerprint density at radius 1 is 1.09 bits per heavy atom. The molecule has 188 valence electrons. The van der Waals surface area contributed by atoms with Gasteiger partial charge in [-0.05, 0) is 34.9 Å². The Balaban J connectivity index is 1.51. The normalized spacial score (nSPS) is 23.9. The molecule has 2 aliphatic heterocycles. The first-order chi connectivity index (χ1) is 16.1. The molecule has 2 atom stereocenters. The quantitative estimate of drug-likeness (QED) is 0.466. The first-order valence-corrected chi connectivity index (χ1v) is 13.1. The molecular formula is C22H19Cl2F4N3O3S. The number of benzene rings is 2. The van der Waals surface area contributed by atoms with Crippen molar-refractivity contribution in [3.8, 4) is 0 Å². The maximum atomic E-state index is 15.2. The first kappa shape index (κ1) is 25.8. The highest BCUT2D eigenvalue weighted by Crippen LogP contribution is 2.53. The average molecular weight is 552 g/mol. The molecular weight excluding hydrogens is 533 g/mol. The highest BCUT2D eigenvalue weighted by Gasteiger charge is 2.60. The van der Waals surface area contributed by atoms with Crippen LogP contribution in [0.3, 0.4) is 0 Å². The summed E-state index contributed by atoms with van der Waals surface area (Å²) in [5.74, 6) is -1.39. The summed E-state index contributed by atoms with van der Waals surface area (Å²) in [4.78, 5) is 13.0. The van der Waals surface area contributed by atoms with E-state index in [0.29, 0.717) is 5.56 Å². The van der Waals surface area contributed by atoms with Gasteiger partial charge in [-0.1, -0.05) is 47.5 Å². The minimum atomic E-state index is -4.77. The number of likely N-dealkylation sites (tertiary alicyclic amines) is 1. The third-order valence-corrected chi connectivity index (χ3v) is 7.31. The van der Waals surface area contributed by atoms with Crippen LogP contribution in [0.25, 0.3) is 0 Å². The molecule has 0 N–H and O–H groups in total. The molecule has 0 aliphatic carbocycles. The lowest BCUT2D eigenvalue weighted by atomic mass is 9.82. The molecule has 2 aromatic carbocycles. The summed E-state index contributed by atoms with van der Waals surface area (Å²) in [6.07, 6.45) is -4.36. The van der Waals surface area contributed by atoms with Crippen molar-refractivity contribution in [1.82, 2.24) is 4.90 Å². The molecule has 13 heteroatoms. The summed E-state index contributed by atoms with van der Waals surface area (Å²) in [7, 11) is -3.53. The third-order valence-electron chi connectivity index (χ3n) is 6.10. The number of halogens is 6. The fourth-order valence-corrected chi connectivity index (χ4v) is 5.41. The SMILES string of the molecule is CS(=O)(=O)CC(=O)N1CC(F)(c2ccc(C3CC(c4cc(Cl)cc(Cl)c4)(C(F)(F)F)N=N3)cc2)C1. The van der Waals surface area contributed by atoms with Gasteiger partial charge < -0.3 is 4.90 Å². The van der Waals surface area contributed by atoms with E-state index in [2.05, 4.69) is 10.2 Å². The Labute approximate surface area is 208 Å². The Morgan fingerprint density at radius 3 is 2.17 bits per heavy atom. The number of carbonyl (C=O) groups is 1. The van der Waals surface area contributed by atoms with Gasteiger partial charge in [0.15, 0.2) is 15.5 Å². The van der Waals surface area contributed by atoms with E-state index in [1.54, 1.807) is 0 Å². The largest absolute Gasteiger partial charge is 0.419 e. The van der Waals surface area contributed by atoms with Gasteiger partial charge in [-0.15, -0.1) is 0 Å². The molecule has 2 heterocycles. The van der Waals surface area contributed by atoms with E-state index in [-0.39, 0.29) is 34.3 Å². The molecule has 4 rings (SSSR count). The average Bonchev–Trinajstić information content (AvgIpc) is 3.16. The van der Waals surface area contributed by atoms with E-state index in [4.69, 9.17) is 23.2 Å². The van der Waals surface area contributed by atoms with Crippen LogP contribution in [0.15, 0.2) is 52.7 Å². The molecule has 2 aromatic rings. The fraction of sp³-hybridized carbons (Fsp3) is 0.409. The highest BCUT2D eigenvalue weighted by molar-refractivity contribution is 7.91. The number of hydrogen-bond donors (Lipinski definition) is 0. The molecule has 2 aliphatic rings. The van der Waals surface area contributed by atoms with E-state index >= 15 is 4.39 Å². The number of alkyl halides is 4. The van der Waals surface area contributed by atoms with Gasteiger partial charge in [0.25, 0.3) is 0 Å². The van der Waals surface area contributed by atoms with Gasteiger partial charge in [0.1, 0.15) is 5.75 Å². The summed E-state index contributed by atoms with van der Waals surface area (Å²) >= 11 is 11.8. The number of azo groups is 1. The number of amides is 1. The van der Waals surface area contributed by atoms with Crippen molar-refractivity contribution in [3.05, 3.63) is 69.2 Å². The van der Waals surface area contributed by atoms with Gasteiger partial charge in [-0.25, -0.2) is 12.8 Å². The monoisotopic (exact) mass is 551 g/mol. The molecule has 6 nitrogen and oxygen atoms in total. The Hall–Kier alpha value is -2.24. The first-order valence-electron chi connectivity index (χ1n) is 10.3. The minimum absolute atomic E-state index is 0.0388. The maximum Gasteiger partial charge on any atom is 0.419 e. The molecule has 0 aromatic heterocycles. The lowest BCUT2D eigenvalue weighted by Gasteiger charge is -2.44. The van der Waals surface area contributed by atoms with Crippen LogP contribution in [-0.2, 0) is 25.8 Å². The van der Waals surface area contributed by atoms with E-state index in [1.807, 2.05) is 0 Å². The van der Waals surface area contributed by atoms with Gasteiger partial charge in [-0.3, -0.25) is 4.79 Å². The smallest absolute Gasteiger partial charge is 0.335 e. The summed E-state index contributed by atoms with van der Waals surface area (Å²) < 4.78 is 80.3. The third kappa shape index (κ3) is 5.03. The van der Waals surface area contributed by atoms with E-state index in [0.717, 1.165) is 23.3 Å². The molecule has 2 unspecified atom stereocenters. The number of carbonyl (C=O) groups excluding carboxylic acids is 1. The summed E-state index contributed by atoms with van der Waals surface area (Å²) in [6, 6.07) is 8.49. The zero-order valence-electron chi connectivity index (χ0n) is 18.2. The van der Waals surface area contributed by atoms with Crippen molar-refractivity contribution < 1.29 is 30.8 Å². The van der Waals surface area contributed by atoms with Crippen molar-refractivity contribution in [2.24, 2.45) is 10.2 Å². The zero-order chi connectivity index (χ0) is 25.8. The molecule has 35 heavy (non-hydrogen) atoms. The second-order valence-corrected chi connectivity index (χ2v) is 11.9. The number of nitrogens with zero attached hydrogens (tertiary/aromatic N) is 3. The fourth-order valence-electron chi connectivity index (χ4n) is 4.26. The Bertz CT molecular complexity index is 1280. The van der Waals surface area contributed by atoms with Crippen LogP contribution in [0.4, 0.5) is 17.6 Å². The lowest BCUT2D eigenvalue weighted by molar-refractivity contribution is -0.188. The van der Waals surface area contributed by atoms with E-state index in [9.17, 15) is 26.4 Å². The highest BCUT2D eigenvalue weighted by atomic mass is 35.5. The van der Waals surface area contributed by atoms with Gasteiger partial charge in [0.05, 0.1) is 19.1 Å². The van der Waals surface area contributed by atoms with Gasteiger partial charge in [0, 0.05) is 22.7 Å². The van der Waals surface area contributed by atoms with Crippen LogP contribution in [0.5, 0.6) is 0 Å². The van der Waals surface area contributed by atoms with Crippen molar-refractivity contribution >= 4 is 38.9 Å². The Kier molecular flexibility index (Phi) is 6.43. The molecule has 1 amide bonds. The number of sulfone groups is 1.